The van der Waals surface area contributed by atoms with E-state index in [4.69, 9.17) is 9.47 Å². The first-order valence-electron chi connectivity index (χ1n) is 13.8. The van der Waals surface area contributed by atoms with Gasteiger partial charge in [0.2, 0.25) is 11.7 Å². The van der Waals surface area contributed by atoms with Crippen molar-refractivity contribution in [1.29, 1.82) is 0 Å². The Labute approximate surface area is 246 Å². The van der Waals surface area contributed by atoms with Crippen LogP contribution in [0.25, 0.3) is 5.78 Å². The number of esters is 1. The van der Waals surface area contributed by atoms with Crippen LogP contribution in [0.5, 0.6) is 0 Å². The van der Waals surface area contributed by atoms with Crippen LogP contribution in [-0.2, 0) is 19.1 Å². The second kappa shape index (κ2) is 14.5. The molecule has 230 valence electrons. The zero-order valence-corrected chi connectivity index (χ0v) is 23.9. The number of imidazole rings is 1. The number of fused-ring (bicyclic) bond motifs is 1. The second-order valence-corrected chi connectivity index (χ2v) is 9.82. The third-order valence-electron chi connectivity index (χ3n) is 6.72. The number of halogens is 2. The lowest BCUT2D eigenvalue weighted by Gasteiger charge is -2.36. The Morgan fingerprint density at radius 3 is 2.53 bits per heavy atom. The van der Waals surface area contributed by atoms with Crippen LogP contribution in [0.3, 0.4) is 0 Å². The minimum absolute atomic E-state index is 0.0166. The number of carbonyl (C=O) groups excluding carboxylic acids is 4. The van der Waals surface area contributed by atoms with Gasteiger partial charge in [-0.2, -0.15) is 0 Å². The van der Waals surface area contributed by atoms with Crippen molar-refractivity contribution >= 4 is 41.4 Å². The lowest BCUT2D eigenvalue weighted by atomic mass is 10.2. The Balaban J connectivity index is 0.000000319. The number of ether oxygens (including phenoxy) is 2. The topological polar surface area (TPSA) is 139 Å². The Bertz CT molecular complexity index is 1400. The molecule has 3 aromatic rings. The van der Waals surface area contributed by atoms with Crippen molar-refractivity contribution in [2.24, 2.45) is 0 Å². The van der Waals surface area contributed by atoms with E-state index in [1.165, 1.54) is 0 Å². The maximum Gasteiger partial charge on any atom is 0.414 e. The molecule has 1 atom stereocenters. The molecule has 0 bridgehead atoms. The number of hydrogen-bond donors (Lipinski definition) is 1. The van der Waals surface area contributed by atoms with Crippen LogP contribution in [0.1, 0.15) is 30.3 Å². The zero-order valence-electron chi connectivity index (χ0n) is 23.9. The zero-order chi connectivity index (χ0) is 30.9. The molecule has 43 heavy (non-hydrogen) atoms. The fourth-order valence-corrected chi connectivity index (χ4v) is 4.64. The largest absolute Gasteiger partial charge is 0.462 e. The molecule has 0 spiro atoms. The van der Waals surface area contributed by atoms with Gasteiger partial charge in [-0.05, 0) is 19.5 Å². The number of nitrogens with one attached hydrogen (secondary N) is 1. The van der Waals surface area contributed by atoms with Crippen LogP contribution in [0, 0.1) is 11.6 Å². The Hall–Kier alpha value is -4.66. The van der Waals surface area contributed by atoms with E-state index < -0.39 is 29.8 Å². The van der Waals surface area contributed by atoms with Crippen LogP contribution in [0.15, 0.2) is 36.8 Å². The molecule has 5 rings (SSSR count). The number of nitrogens with zero attached hydrogens (tertiary/aromatic N) is 6. The van der Waals surface area contributed by atoms with E-state index in [2.05, 4.69) is 15.3 Å². The Morgan fingerprint density at radius 2 is 1.91 bits per heavy atom. The monoisotopic (exact) mass is 601 g/mol. The van der Waals surface area contributed by atoms with E-state index in [1.54, 1.807) is 45.9 Å². The molecule has 2 aliphatic rings. The molecule has 2 aliphatic heterocycles. The summed E-state index contributed by atoms with van der Waals surface area (Å²) in [5, 5.41) is 2.79. The van der Waals surface area contributed by atoms with Gasteiger partial charge in [0.05, 0.1) is 18.8 Å². The predicted molar refractivity (Wildman–Crippen MR) is 151 cm³/mol. The molecular formula is C28H33F2N7O6. The van der Waals surface area contributed by atoms with Crippen LogP contribution in [0.2, 0.25) is 0 Å². The summed E-state index contributed by atoms with van der Waals surface area (Å²) in [5.74, 6) is -1.52. The average Bonchev–Trinajstić information content (AvgIpc) is 3.59. The molecule has 2 fully saturated rings. The number of aldehydes is 1. The molecular weight excluding hydrogens is 568 g/mol. The molecule has 0 saturated carbocycles. The maximum absolute atomic E-state index is 14.9. The third kappa shape index (κ3) is 7.80. The van der Waals surface area contributed by atoms with Gasteiger partial charge in [0.1, 0.15) is 18.0 Å². The maximum atomic E-state index is 14.9. The van der Waals surface area contributed by atoms with Crippen molar-refractivity contribution in [3.8, 4) is 0 Å². The number of benzene rings is 1. The SMILES string of the molecule is CCCC(=O)OCC1CN(c2cc(F)c(N3CCN(C(=O)CNC)CC3)c(F)c2)C(=O)O1.O=Cc1cn2cccnc2n1. The van der Waals surface area contributed by atoms with Gasteiger partial charge < -0.3 is 24.6 Å². The van der Waals surface area contributed by atoms with Crippen molar-refractivity contribution in [1.82, 2.24) is 24.6 Å². The van der Waals surface area contributed by atoms with Crippen LogP contribution < -0.4 is 15.1 Å². The van der Waals surface area contributed by atoms with E-state index in [1.807, 2.05) is 6.92 Å². The Kier molecular flexibility index (Phi) is 10.5. The summed E-state index contributed by atoms with van der Waals surface area (Å²) in [4.78, 5) is 58.1. The van der Waals surface area contributed by atoms with Gasteiger partial charge in [-0.1, -0.05) is 6.92 Å². The van der Waals surface area contributed by atoms with Crippen LogP contribution in [-0.4, -0.2) is 103 Å². The van der Waals surface area contributed by atoms with E-state index in [9.17, 15) is 28.0 Å². The van der Waals surface area contributed by atoms with Gasteiger partial charge >= 0.3 is 12.1 Å². The van der Waals surface area contributed by atoms with Crippen molar-refractivity contribution in [2.45, 2.75) is 25.9 Å². The highest BCUT2D eigenvalue weighted by molar-refractivity contribution is 5.90. The number of aromatic nitrogens is 3. The molecule has 15 heteroatoms. The second-order valence-electron chi connectivity index (χ2n) is 9.82. The highest BCUT2D eigenvalue weighted by atomic mass is 19.1. The van der Waals surface area contributed by atoms with Gasteiger partial charge in [-0.25, -0.2) is 23.5 Å². The molecule has 2 aromatic heterocycles. The minimum Gasteiger partial charge on any atom is -0.462 e. The van der Waals surface area contributed by atoms with Gasteiger partial charge in [-0.3, -0.25) is 23.7 Å². The fraction of sp³-hybridized carbons (Fsp3) is 0.429. The molecule has 1 aromatic carbocycles. The average molecular weight is 602 g/mol. The molecule has 0 radical (unpaired) electrons. The van der Waals surface area contributed by atoms with Crippen LogP contribution >= 0.6 is 0 Å². The van der Waals surface area contributed by atoms with Gasteiger partial charge in [0.15, 0.2) is 24.0 Å². The molecule has 13 nitrogen and oxygen atoms in total. The smallest absolute Gasteiger partial charge is 0.414 e. The lowest BCUT2D eigenvalue weighted by molar-refractivity contribution is -0.146. The lowest BCUT2D eigenvalue weighted by Crippen LogP contribution is -2.51. The number of cyclic esters (lactones) is 1. The number of anilines is 2. The van der Waals surface area contributed by atoms with E-state index in [-0.39, 0.29) is 43.4 Å². The quantitative estimate of drug-likeness (QED) is 0.286. The van der Waals surface area contributed by atoms with Crippen molar-refractivity contribution in [3.63, 3.8) is 0 Å². The predicted octanol–water partition coefficient (Wildman–Crippen LogP) is 2.04. The van der Waals surface area contributed by atoms with Crippen molar-refractivity contribution in [2.75, 3.05) is 62.7 Å². The number of rotatable bonds is 9. The fourth-order valence-electron chi connectivity index (χ4n) is 4.64. The first-order chi connectivity index (χ1) is 20.7. The third-order valence-corrected chi connectivity index (χ3v) is 6.72. The highest BCUT2D eigenvalue weighted by Gasteiger charge is 2.35. The summed E-state index contributed by atoms with van der Waals surface area (Å²) in [6.07, 6.45) is 5.20. The number of likely N-dealkylation sites (N-methyl/N-ethyl adjacent to an activating group) is 1. The minimum atomic E-state index is -0.805. The van der Waals surface area contributed by atoms with Gasteiger partial charge in [0, 0.05) is 63.3 Å². The number of amides is 2. The summed E-state index contributed by atoms with van der Waals surface area (Å²) >= 11 is 0. The van der Waals surface area contributed by atoms with Crippen LogP contribution in [0.4, 0.5) is 25.0 Å². The molecule has 1 unspecified atom stereocenters. The summed E-state index contributed by atoms with van der Waals surface area (Å²) in [6, 6.07) is 3.95. The number of carbonyl (C=O) groups is 4. The summed E-state index contributed by atoms with van der Waals surface area (Å²) in [5.41, 5.74) is 0.245. The molecule has 1 N–H and O–H groups in total. The molecule has 2 amide bonds. The van der Waals surface area contributed by atoms with Gasteiger partial charge in [0.25, 0.3) is 0 Å². The van der Waals surface area contributed by atoms with Crippen molar-refractivity contribution < 1.29 is 37.4 Å². The van der Waals surface area contributed by atoms with E-state index in [0.29, 0.717) is 50.4 Å². The molecule has 2 saturated heterocycles. The summed E-state index contributed by atoms with van der Waals surface area (Å²) in [6.45, 7) is 3.26. The molecule has 4 heterocycles. The first-order valence-corrected chi connectivity index (χ1v) is 13.8. The number of hydrogen-bond acceptors (Lipinski definition) is 10. The van der Waals surface area contributed by atoms with Gasteiger partial charge in [-0.15, -0.1) is 0 Å². The standard InChI is InChI=1S/C21H28F2N4O5.C7H5N3O/c1-3-4-19(29)31-13-15-12-27(21(30)32-15)14-9-16(22)20(17(23)10-14)26-7-5-25(6-8-26)18(28)11-24-2;11-5-6-4-10-3-1-2-8-7(10)9-6/h9-10,15,24H,3-8,11-13H2,1-2H3;1-5H. The molecule has 0 aliphatic carbocycles. The van der Waals surface area contributed by atoms with Crippen molar-refractivity contribution in [3.05, 3.63) is 54.1 Å². The number of piperazine rings is 1. The van der Waals surface area contributed by atoms with E-state index in [0.717, 1.165) is 17.0 Å². The first kappa shape index (κ1) is 31.3. The Morgan fingerprint density at radius 1 is 1.19 bits per heavy atom. The summed E-state index contributed by atoms with van der Waals surface area (Å²) in [7, 11) is 1.68. The highest BCUT2D eigenvalue weighted by Crippen LogP contribution is 2.31. The summed E-state index contributed by atoms with van der Waals surface area (Å²) < 4.78 is 41.6. The van der Waals surface area contributed by atoms with E-state index >= 15 is 0 Å². The normalized spacial score (nSPS) is 16.5.